The van der Waals surface area contributed by atoms with Gasteiger partial charge in [0.2, 0.25) is 0 Å². The van der Waals surface area contributed by atoms with Crippen molar-refractivity contribution in [1.82, 2.24) is 14.6 Å². The van der Waals surface area contributed by atoms with E-state index in [0.29, 0.717) is 11.6 Å². The van der Waals surface area contributed by atoms with Crippen LogP contribution in [-0.4, -0.2) is 34.1 Å². The van der Waals surface area contributed by atoms with Crippen molar-refractivity contribution in [3.05, 3.63) is 29.7 Å². The van der Waals surface area contributed by atoms with Crippen molar-refractivity contribution in [3.8, 4) is 0 Å². The van der Waals surface area contributed by atoms with E-state index in [2.05, 4.69) is 10.1 Å². The molecule has 1 aliphatic rings. The molecule has 5 heteroatoms. The molecule has 0 bridgehead atoms. The van der Waals surface area contributed by atoms with Crippen molar-refractivity contribution in [1.29, 1.82) is 0 Å². The van der Waals surface area contributed by atoms with E-state index >= 15 is 0 Å². The molecule has 5 nitrogen and oxygen atoms in total. The van der Waals surface area contributed by atoms with Gasteiger partial charge in [-0.05, 0) is 25.0 Å². The van der Waals surface area contributed by atoms with E-state index in [1.54, 1.807) is 10.6 Å². The summed E-state index contributed by atoms with van der Waals surface area (Å²) in [5, 5.41) is 4.16. The highest BCUT2D eigenvalue weighted by Crippen LogP contribution is 2.25. The molecule has 3 rings (SSSR count). The molecule has 0 spiro atoms. The molecule has 1 aliphatic heterocycles. The maximum Gasteiger partial charge on any atom is 0.170 e. The highest BCUT2D eigenvalue weighted by molar-refractivity contribution is 5.71. The Balaban J connectivity index is 1.97. The smallest absolute Gasteiger partial charge is 0.170 e. The second kappa shape index (κ2) is 4.25. The molecule has 2 aromatic rings. The number of rotatable bonds is 2. The second-order valence-electron chi connectivity index (χ2n) is 4.23. The first-order valence-electron chi connectivity index (χ1n) is 5.76. The van der Waals surface area contributed by atoms with Crippen LogP contribution in [0.4, 0.5) is 0 Å². The molecular formula is C12H13N3O2. The lowest BCUT2D eigenvalue weighted by molar-refractivity contribution is 0.0846. The van der Waals surface area contributed by atoms with E-state index in [0.717, 1.165) is 43.7 Å². The molecule has 0 saturated carbocycles. The van der Waals surface area contributed by atoms with Gasteiger partial charge in [0.1, 0.15) is 5.69 Å². The average molecular weight is 231 g/mol. The van der Waals surface area contributed by atoms with Crippen molar-refractivity contribution in [2.75, 3.05) is 13.2 Å². The van der Waals surface area contributed by atoms with Crippen LogP contribution in [-0.2, 0) is 4.74 Å². The van der Waals surface area contributed by atoms with Crippen LogP contribution in [0.15, 0.2) is 18.3 Å². The minimum Gasteiger partial charge on any atom is -0.381 e. The quantitative estimate of drug-likeness (QED) is 0.734. The van der Waals surface area contributed by atoms with Gasteiger partial charge in [-0.1, -0.05) is 0 Å². The summed E-state index contributed by atoms with van der Waals surface area (Å²) in [6, 6.07) is 3.50. The van der Waals surface area contributed by atoms with Crippen molar-refractivity contribution in [2.24, 2.45) is 0 Å². The molecule has 0 radical (unpaired) electrons. The van der Waals surface area contributed by atoms with Gasteiger partial charge in [-0.2, -0.15) is 5.10 Å². The van der Waals surface area contributed by atoms with Crippen LogP contribution in [0.25, 0.3) is 5.65 Å². The number of imidazole rings is 1. The normalized spacial score (nSPS) is 17.4. The maximum atomic E-state index is 10.6. The summed E-state index contributed by atoms with van der Waals surface area (Å²) in [6.45, 7) is 1.59. The molecule has 0 atom stereocenters. The number of fused-ring (bicyclic) bond motifs is 1. The van der Waals surface area contributed by atoms with Gasteiger partial charge in [0, 0.05) is 19.1 Å². The lowest BCUT2D eigenvalue weighted by atomic mass is 9.97. The van der Waals surface area contributed by atoms with Gasteiger partial charge in [0.25, 0.3) is 0 Å². The fourth-order valence-corrected chi connectivity index (χ4v) is 2.17. The molecule has 2 aromatic heterocycles. The average Bonchev–Trinajstić information content (AvgIpc) is 2.82. The van der Waals surface area contributed by atoms with E-state index in [-0.39, 0.29) is 0 Å². The Labute approximate surface area is 98.4 Å². The van der Waals surface area contributed by atoms with Crippen LogP contribution < -0.4 is 0 Å². The Kier molecular flexibility index (Phi) is 2.60. The van der Waals surface area contributed by atoms with Crippen LogP contribution >= 0.6 is 0 Å². The number of hydrogen-bond acceptors (Lipinski definition) is 4. The molecule has 0 aromatic carbocycles. The zero-order valence-electron chi connectivity index (χ0n) is 9.37. The van der Waals surface area contributed by atoms with Crippen molar-refractivity contribution >= 4 is 11.9 Å². The van der Waals surface area contributed by atoms with Crippen LogP contribution in [0.2, 0.25) is 0 Å². The first kappa shape index (κ1) is 10.4. The van der Waals surface area contributed by atoms with Crippen molar-refractivity contribution < 1.29 is 9.53 Å². The third kappa shape index (κ3) is 1.93. The predicted molar refractivity (Wildman–Crippen MR) is 61.2 cm³/mol. The van der Waals surface area contributed by atoms with E-state index in [1.165, 1.54) is 0 Å². The highest BCUT2D eigenvalue weighted by atomic mass is 16.5. The predicted octanol–water partition coefficient (Wildman–Crippen LogP) is 1.44. The van der Waals surface area contributed by atoms with Gasteiger partial charge < -0.3 is 4.74 Å². The Morgan fingerprint density at radius 2 is 2.18 bits per heavy atom. The number of carbonyl (C=O) groups excluding carboxylic acids is 1. The molecule has 0 aliphatic carbocycles. The molecule has 0 unspecified atom stereocenters. The number of carbonyl (C=O) groups is 1. The van der Waals surface area contributed by atoms with Crippen molar-refractivity contribution in [2.45, 2.75) is 18.8 Å². The number of aldehydes is 1. The summed E-state index contributed by atoms with van der Waals surface area (Å²) in [5.41, 5.74) is 2.26. The molecule has 1 fully saturated rings. The molecule has 1 saturated heterocycles. The minimum absolute atomic E-state index is 0.424. The Morgan fingerprint density at radius 3 is 2.94 bits per heavy atom. The fraction of sp³-hybridized carbons (Fsp3) is 0.417. The third-order valence-corrected chi connectivity index (χ3v) is 3.12. The monoisotopic (exact) mass is 231 g/mol. The Bertz CT molecular complexity index is 544. The first-order valence-corrected chi connectivity index (χ1v) is 5.76. The summed E-state index contributed by atoms with van der Waals surface area (Å²) >= 11 is 0. The lowest BCUT2D eigenvalue weighted by Gasteiger charge is -2.19. The van der Waals surface area contributed by atoms with Gasteiger partial charge in [-0.15, -0.1) is 0 Å². The first-order chi connectivity index (χ1) is 8.36. The van der Waals surface area contributed by atoms with Gasteiger partial charge >= 0.3 is 0 Å². The number of nitrogens with zero attached hydrogens (tertiary/aromatic N) is 3. The molecule has 3 heterocycles. The van der Waals surface area contributed by atoms with E-state index in [4.69, 9.17) is 4.74 Å². The number of aromatic nitrogens is 3. The zero-order valence-corrected chi connectivity index (χ0v) is 9.37. The number of hydrogen-bond donors (Lipinski definition) is 0. The molecular weight excluding hydrogens is 218 g/mol. The molecule has 0 amide bonds. The number of ether oxygens (including phenoxy) is 1. The van der Waals surface area contributed by atoms with Crippen LogP contribution in [0.1, 0.15) is 34.9 Å². The topological polar surface area (TPSA) is 56.5 Å². The summed E-state index contributed by atoms with van der Waals surface area (Å²) in [6.07, 6.45) is 4.67. The molecule has 17 heavy (non-hydrogen) atoms. The van der Waals surface area contributed by atoms with Crippen LogP contribution in [0.3, 0.4) is 0 Å². The van der Waals surface area contributed by atoms with E-state index in [1.807, 2.05) is 12.3 Å². The minimum atomic E-state index is 0.424. The van der Waals surface area contributed by atoms with Crippen LogP contribution in [0, 0.1) is 0 Å². The lowest BCUT2D eigenvalue weighted by Crippen LogP contribution is -2.14. The van der Waals surface area contributed by atoms with E-state index in [9.17, 15) is 4.79 Å². The Hall–Kier alpha value is -1.75. The standard InChI is InChI=1S/C12H13N3O2/c16-8-10-1-2-12-13-11(7-15(12)14-10)9-3-5-17-6-4-9/h1-2,7-9H,3-6H2. The van der Waals surface area contributed by atoms with Crippen molar-refractivity contribution in [3.63, 3.8) is 0 Å². The largest absolute Gasteiger partial charge is 0.381 e. The third-order valence-electron chi connectivity index (χ3n) is 3.12. The second-order valence-corrected chi connectivity index (χ2v) is 4.23. The zero-order chi connectivity index (χ0) is 11.7. The van der Waals surface area contributed by atoms with Gasteiger partial charge in [-0.3, -0.25) is 4.79 Å². The summed E-state index contributed by atoms with van der Waals surface area (Å²) in [5.74, 6) is 0.449. The molecule has 88 valence electrons. The SMILES string of the molecule is O=Cc1ccc2nc(C3CCOCC3)cn2n1. The van der Waals surface area contributed by atoms with Gasteiger partial charge in [-0.25, -0.2) is 9.50 Å². The van der Waals surface area contributed by atoms with Gasteiger partial charge in [0.15, 0.2) is 11.9 Å². The Morgan fingerprint density at radius 1 is 1.35 bits per heavy atom. The van der Waals surface area contributed by atoms with Gasteiger partial charge in [0.05, 0.1) is 11.9 Å². The summed E-state index contributed by atoms with van der Waals surface area (Å²) in [7, 11) is 0. The molecule has 0 N–H and O–H groups in total. The van der Waals surface area contributed by atoms with Crippen LogP contribution in [0.5, 0.6) is 0 Å². The fourth-order valence-electron chi connectivity index (χ4n) is 2.17. The summed E-state index contributed by atoms with van der Waals surface area (Å²) in [4.78, 5) is 15.2. The summed E-state index contributed by atoms with van der Waals surface area (Å²) < 4.78 is 7.01. The maximum absolute atomic E-state index is 10.6. The van der Waals surface area contributed by atoms with E-state index < -0.39 is 0 Å². The highest BCUT2D eigenvalue weighted by Gasteiger charge is 2.18.